The fourth-order valence-electron chi connectivity index (χ4n) is 5.02. The number of sulfonamides is 1. The molecule has 1 aromatic carbocycles. The summed E-state index contributed by atoms with van der Waals surface area (Å²) in [4.78, 5) is 16.2. The standard InChI is InChI=1S/C23H25N5O4S2/c1-27-8-7-19-15(13-27)11-20(33-19)34(30,31)26-23(29)25-21-16-4-2-3-14(16)5-6-17(21)18-12-24-28-9-10-32-22(18)28/h5-6,11-12H,2-4,7-10,13H2,1H3,(H2,25,26,29). The van der Waals surface area contributed by atoms with Crippen molar-refractivity contribution in [2.24, 2.45) is 0 Å². The average molecular weight is 500 g/mol. The molecule has 34 heavy (non-hydrogen) atoms. The molecule has 2 amide bonds. The summed E-state index contributed by atoms with van der Waals surface area (Å²) >= 11 is 1.24. The van der Waals surface area contributed by atoms with E-state index in [1.165, 1.54) is 16.9 Å². The Labute approximate surface area is 201 Å². The highest BCUT2D eigenvalue weighted by atomic mass is 32.2. The van der Waals surface area contributed by atoms with Gasteiger partial charge in [0.05, 0.1) is 24.0 Å². The summed E-state index contributed by atoms with van der Waals surface area (Å²) in [7, 11) is -1.97. The molecule has 2 aromatic heterocycles. The predicted octanol–water partition coefficient (Wildman–Crippen LogP) is 2.99. The Morgan fingerprint density at radius 2 is 2.03 bits per heavy atom. The van der Waals surface area contributed by atoms with E-state index in [0.717, 1.165) is 59.4 Å². The van der Waals surface area contributed by atoms with Crippen LogP contribution in [0.1, 0.15) is 28.0 Å². The number of hydrogen-bond donors (Lipinski definition) is 2. The van der Waals surface area contributed by atoms with Crippen molar-refractivity contribution in [2.45, 2.75) is 43.0 Å². The summed E-state index contributed by atoms with van der Waals surface area (Å²) in [6, 6.07) is 4.95. The van der Waals surface area contributed by atoms with E-state index in [1.54, 1.807) is 16.9 Å². The second-order valence-electron chi connectivity index (χ2n) is 8.98. The number of likely N-dealkylation sites (N-methyl/N-ethyl adjacent to an activating group) is 1. The van der Waals surface area contributed by atoms with Crippen LogP contribution in [0.2, 0.25) is 0 Å². The molecule has 0 spiro atoms. The lowest BCUT2D eigenvalue weighted by atomic mass is 9.99. The minimum atomic E-state index is -3.98. The molecule has 4 heterocycles. The van der Waals surface area contributed by atoms with Gasteiger partial charge in [0.2, 0.25) is 5.88 Å². The highest BCUT2D eigenvalue weighted by molar-refractivity contribution is 7.92. The van der Waals surface area contributed by atoms with E-state index in [0.29, 0.717) is 31.3 Å². The first-order valence-corrected chi connectivity index (χ1v) is 13.7. The lowest BCUT2D eigenvalue weighted by molar-refractivity contribution is 0.256. The van der Waals surface area contributed by atoms with Crippen molar-refractivity contribution in [2.75, 3.05) is 25.5 Å². The van der Waals surface area contributed by atoms with E-state index < -0.39 is 16.1 Å². The molecule has 3 aromatic rings. The predicted molar refractivity (Wildman–Crippen MR) is 129 cm³/mol. The fourth-order valence-corrected chi connectivity index (χ4v) is 7.47. The van der Waals surface area contributed by atoms with Crippen LogP contribution < -0.4 is 14.8 Å². The molecule has 0 saturated heterocycles. The number of nitrogens with one attached hydrogen (secondary N) is 2. The first-order valence-electron chi connectivity index (χ1n) is 11.4. The van der Waals surface area contributed by atoms with E-state index in [2.05, 4.69) is 26.1 Å². The number of carbonyl (C=O) groups is 1. The SMILES string of the molecule is CN1CCc2sc(S(=O)(=O)NC(=O)Nc3c(-c4cnn5c4OCC5)ccc4c3CCC4)cc2C1. The highest BCUT2D eigenvalue weighted by Crippen LogP contribution is 2.42. The van der Waals surface area contributed by atoms with Gasteiger partial charge in [-0.3, -0.25) is 0 Å². The Balaban J connectivity index is 1.30. The molecule has 3 aliphatic rings. The molecule has 9 nitrogen and oxygen atoms in total. The number of amides is 2. The van der Waals surface area contributed by atoms with Gasteiger partial charge in [0, 0.05) is 23.5 Å². The molecule has 0 bridgehead atoms. The van der Waals surface area contributed by atoms with Crippen molar-refractivity contribution in [3.63, 3.8) is 0 Å². The Hall–Kier alpha value is -2.89. The largest absolute Gasteiger partial charge is 0.475 e. The summed E-state index contributed by atoms with van der Waals surface area (Å²) in [6.07, 6.45) is 5.29. The molecule has 0 saturated carbocycles. The first kappa shape index (κ1) is 21.6. The summed E-state index contributed by atoms with van der Waals surface area (Å²) in [5, 5.41) is 7.25. The van der Waals surface area contributed by atoms with E-state index >= 15 is 0 Å². The van der Waals surface area contributed by atoms with Gasteiger partial charge in [-0.05, 0) is 55.5 Å². The van der Waals surface area contributed by atoms with Crippen LogP contribution in [0.25, 0.3) is 11.1 Å². The molecule has 0 atom stereocenters. The molecular weight excluding hydrogens is 474 g/mol. The van der Waals surface area contributed by atoms with Gasteiger partial charge in [0.1, 0.15) is 10.8 Å². The number of benzene rings is 1. The minimum absolute atomic E-state index is 0.171. The lowest BCUT2D eigenvalue weighted by Gasteiger charge is -2.21. The van der Waals surface area contributed by atoms with Gasteiger partial charge in [-0.2, -0.15) is 5.10 Å². The van der Waals surface area contributed by atoms with Crippen LogP contribution in [0, 0.1) is 0 Å². The number of rotatable bonds is 4. The number of nitrogens with zero attached hydrogens (tertiary/aromatic N) is 3. The summed E-state index contributed by atoms with van der Waals surface area (Å²) in [5.74, 6) is 0.670. The number of carbonyl (C=O) groups excluding carboxylic acids is 1. The van der Waals surface area contributed by atoms with Gasteiger partial charge in [0.15, 0.2) is 0 Å². The van der Waals surface area contributed by atoms with Crippen LogP contribution in [0.3, 0.4) is 0 Å². The maximum atomic E-state index is 13.0. The third kappa shape index (κ3) is 3.68. The molecule has 2 aliphatic heterocycles. The lowest BCUT2D eigenvalue weighted by Crippen LogP contribution is -2.34. The van der Waals surface area contributed by atoms with E-state index in [4.69, 9.17) is 4.74 Å². The Bertz CT molecular complexity index is 1410. The maximum Gasteiger partial charge on any atom is 0.333 e. The molecule has 6 rings (SSSR count). The third-order valence-electron chi connectivity index (χ3n) is 6.67. The summed E-state index contributed by atoms with van der Waals surface area (Å²) in [5.41, 5.74) is 5.42. The molecule has 1 aliphatic carbocycles. The number of thiophene rings is 1. The van der Waals surface area contributed by atoms with Crippen molar-refractivity contribution >= 4 is 33.1 Å². The van der Waals surface area contributed by atoms with Crippen LogP contribution in [-0.2, 0) is 42.4 Å². The molecule has 2 N–H and O–H groups in total. The second-order valence-corrected chi connectivity index (χ2v) is 12.0. The van der Waals surface area contributed by atoms with Crippen LogP contribution >= 0.6 is 11.3 Å². The van der Waals surface area contributed by atoms with Crippen LogP contribution in [0.4, 0.5) is 10.5 Å². The second kappa shape index (κ2) is 8.10. The average Bonchev–Trinajstić information content (AvgIpc) is 3.56. The number of aryl methyl sites for hydroxylation is 1. The van der Waals surface area contributed by atoms with Crippen molar-refractivity contribution in [1.82, 2.24) is 19.4 Å². The monoisotopic (exact) mass is 499 g/mol. The smallest absolute Gasteiger partial charge is 0.333 e. The van der Waals surface area contributed by atoms with Crippen LogP contribution in [0.15, 0.2) is 28.6 Å². The summed E-state index contributed by atoms with van der Waals surface area (Å²) in [6.45, 7) is 2.85. The van der Waals surface area contributed by atoms with E-state index in [9.17, 15) is 13.2 Å². The van der Waals surface area contributed by atoms with Crippen molar-refractivity contribution < 1.29 is 17.9 Å². The van der Waals surface area contributed by atoms with Gasteiger partial charge < -0.3 is 15.0 Å². The first-order chi connectivity index (χ1) is 16.4. The number of aromatic nitrogens is 2. The summed E-state index contributed by atoms with van der Waals surface area (Å²) < 4.78 is 36.0. The number of hydrogen-bond acceptors (Lipinski definition) is 7. The molecule has 0 radical (unpaired) electrons. The van der Waals surface area contributed by atoms with Crippen LogP contribution in [0.5, 0.6) is 5.88 Å². The van der Waals surface area contributed by atoms with Gasteiger partial charge in [-0.25, -0.2) is 22.6 Å². The molecule has 0 fully saturated rings. The topological polar surface area (TPSA) is 106 Å². The van der Waals surface area contributed by atoms with Crippen molar-refractivity contribution in [1.29, 1.82) is 0 Å². The Kier molecular flexibility index (Phi) is 5.16. The normalized spacial score (nSPS) is 17.1. The zero-order valence-corrected chi connectivity index (χ0v) is 20.4. The Morgan fingerprint density at radius 1 is 1.15 bits per heavy atom. The van der Waals surface area contributed by atoms with Gasteiger partial charge >= 0.3 is 6.03 Å². The number of fused-ring (bicyclic) bond motifs is 3. The van der Waals surface area contributed by atoms with Gasteiger partial charge in [-0.15, -0.1) is 11.3 Å². The fraction of sp³-hybridized carbons (Fsp3) is 0.391. The maximum absolute atomic E-state index is 13.0. The van der Waals surface area contributed by atoms with Gasteiger partial charge in [0.25, 0.3) is 10.0 Å². The zero-order valence-electron chi connectivity index (χ0n) is 18.8. The van der Waals surface area contributed by atoms with E-state index in [-0.39, 0.29) is 4.21 Å². The zero-order chi connectivity index (χ0) is 23.4. The molecule has 178 valence electrons. The van der Waals surface area contributed by atoms with E-state index in [1.807, 2.05) is 13.1 Å². The molecule has 11 heteroatoms. The quantitative estimate of drug-likeness (QED) is 0.572. The van der Waals surface area contributed by atoms with Crippen LogP contribution in [-0.4, -0.2) is 49.3 Å². The van der Waals surface area contributed by atoms with Crippen molar-refractivity contribution in [3.05, 3.63) is 46.0 Å². The number of ether oxygens (including phenoxy) is 1. The molecule has 0 unspecified atom stereocenters. The highest BCUT2D eigenvalue weighted by Gasteiger charge is 2.28. The Morgan fingerprint density at radius 3 is 2.91 bits per heavy atom. The number of urea groups is 1. The minimum Gasteiger partial charge on any atom is -0.475 e. The molecular formula is C23H25N5O4S2. The third-order valence-corrected chi connectivity index (χ3v) is 9.71. The van der Waals surface area contributed by atoms with Crippen molar-refractivity contribution in [3.8, 4) is 17.0 Å². The van der Waals surface area contributed by atoms with Gasteiger partial charge in [-0.1, -0.05) is 12.1 Å². The number of anilines is 1.